The van der Waals surface area contributed by atoms with Crippen LogP contribution in [0.1, 0.15) is 62.7 Å². The van der Waals surface area contributed by atoms with Crippen LogP contribution >= 0.6 is 0 Å². The van der Waals surface area contributed by atoms with Gasteiger partial charge in [-0.3, -0.25) is 19.7 Å². The maximum Gasteiger partial charge on any atom is 0.312 e. The van der Waals surface area contributed by atoms with Crippen molar-refractivity contribution in [2.24, 2.45) is 17.6 Å². The summed E-state index contributed by atoms with van der Waals surface area (Å²) in [7, 11) is 0. The third-order valence-electron chi connectivity index (χ3n) is 6.29. The summed E-state index contributed by atoms with van der Waals surface area (Å²) >= 11 is 0. The van der Waals surface area contributed by atoms with Gasteiger partial charge in [-0.05, 0) is 50.4 Å². The first-order valence-corrected chi connectivity index (χ1v) is 11.0. The predicted molar refractivity (Wildman–Crippen MR) is 118 cm³/mol. The predicted octanol–water partition coefficient (Wildman–Crippen LogP) is 2.43. The molecule has 170 valence electrons. The summed E-state index contributed by atoms with van der Waals surface area (Å²) in [6.07, 6.45) is 5.80. The largest absolute Gasteiger partial charge is 0.368 e. The van der Waals surface area contributed by atoms with E-state index in [1.807, 2.05) is 4.90 Å². The van der Waals surface area contributed by atoms with Crippen LogP contribution < -0.4 is 21.3 Å². The van der Waals surface area contributed by atoms with E-state index in [2.05, 4.69) is 29.5 Å². The Hall–Kier alpha value is -2.91. The lowest BCUT2D eigenvalue weighted by Gasteiger charge is -2.33. The topological polar surface area (TPSA) is 143 Å². The first kappa shape index (κ1) is 22.8. The number of pyridine rings is 1. The zero-order valence-electron chi connectivity index (χ0n) is 18.2. The molecule has 1 saturated heterocycles. The lowest BCUT2D eigenvalue weighted by molar-refractivity contribution is -0.384. The molecule has 0 aromatic carbocycles. The Bertz CT molecular complexity index is 829. The van der Waals surface area contributed by atoms with Crippen LogP contribution in [0, 0.1) is 22.0 Å². The fourth-order valence-electron chi connectivity index (χ4n) is 4.23. The minimum Gasteiger partial charge on any atom is -0.368 e. The van der Waals surface area contributed by atoms with E-state index in [1.54, 1.807) is 0 Å². The molecule has 0 spiro atoms. The van der Waals surface area contributed by atoms with E-state index in [-0.39, 0.29) is 35.6 Å². The Morgan fingerprint density at radius 1 is 1.16 bits per heavy atom. The summed E-state index contributed by atoms with van der Waals surface area (Å²) in [6.45, 7) is 5.53. The van der Waals surface area contributed by atoms with E-state index >= 15 is 0 Å². The van der Waals surface area contributed by atoms with Gasteiger partial charge < -0.3 is 21.3 Å². The molecule has 3 rings (SSSR count). The number of nitrogens with one attached hydrogen (secondary N) is 2. The van der Waals surface area contributed by atoms with Crippen LogP contribution in [0.5, 0.6) is 0 Å². The number of amides is 2. The molecule has 10 heteroatoms. The Labute approximate surface area is 182 Å². The van der Waals surface area contributed by atoms with Crippen molar-refractivity contribution >= 4 is 29.1 Å². The Balaban J connectivity index is 1.93. The zero-order chi connectivity index (χ0) is 22.5. The molecule has 4 N–H and O–H groups in total. The number of primary amides is 1. The lowest BCUT2D eigenvalue weighted by Crippen LogP contribution is -2.40. The summed E-state index contributed by atoms with van der Waals surface area (Å²) in [5.41, 5.74) is 5.03. The molecule has 31 heavy (non-hydrogen) atoms. The van der Waals surface area contributed by atoms with Gasteiger partial charge in [-0.25, -0.2) is 4.98 Å². The van der Waals surface area contributed by atoms with Gasteiger partial charge in [-0.1, -0.05) is 13.8 Å². The van der Waals surface area contributed by atoms with Crippen molar-refractivity contribution < 1.29 is 14.5 Å². The van der Waals surface area contributed by atoms with E-state index < -0.39 is 10.8 Å². The van der Waals surface area contributed by atoms with E-state index in [9.17, 15) is 19.7 Å². The first-order valence-electron chi connectivity index (χ1n) is 11.0. The van der Waals surface area contributed by atoms with Crippen molar-refractivity contribution in [1.82, 2.24) is 10.3 Å². The van der Waals surface area contributed by atoms with Crippen LogP contribution in [-0.2, 0) is 4.79 Å². The van der Waals surface area contributed by atoms with Gasteiger partial charge in [0.05, 0.1) is 17.0 Å². The highest BCUT2D eigenvalue weighted by molar-refractivity contribution is 6.00. The molecule has 2 amide bonds. The van der Waals surface area contributed by atoms with E-state index in [1.165, 1.54) is 6.07 Å². The minimum absolute atomic E-state index is 0.0551. The molecule has 1 aliphatic carbocycles. The third-order valence-corrected chi connectivity index (χ3v) is 6.29. The molecule has 1 aromatic rings. The second-order valence-electron chi connectivity index (χ2n) is 8.90. The van der Waals surface area contributed by atoms with Crippen molar-refractivity contribution in [3.05, 3.63) is 21.7 Å². The van der Waals surface area contributed by atoms with Crippen LogP contribution in [0.15, 0.2) is 6.07 Å². The normalized spacial score (nSPS) is 22.1. The molecule has 2 heterocycles. The minimum atomic E-state index is -0.655. The monoisotopic (exact) mass is 432 g/mol. The zero-order valence-corrected chi connectivity index (χ0v) is 18.2. The van der Waals surface area contributed by atoms with Gasteiger partial charge in [0, 0.05) is 25.2 Å². The molecule has 2 fully saturated rings. The molecule has 0 atom stereocenters. The number of nitrogens with two attached hydrogens (primary N) is 1. The number of hydrogen-bond donors (Lipinski definition) is 3. The van der Waals surface area contributed by atoms with Crippen molar-refractivity contribution in [2.75, 3.05) is 29.9 Å². The number of carbonyl (C=O) groups excluding carboxylic acids is 2. The van der Waals surface area contributed by atoms with Gasteiger partial charge in [-0.15, -0.1) is 0 Å². The number of hydrogen-bond acceptors (Lipinski definition) is 7. The molecule has 10 nitrogen and oxygen atoms in total. The van der Waals surface area contributed by atoms with Crippen LogP contribution in [0.2, 0.25) is 0 Å². The Kier molecular flexibility index (Phi) is 7.29. The summed E-state index contributed by atoms with van der Waals surface area (Å²) < 4.78 is 0. The average molecular weight is 433 g/mol. The maximum atomic E-state index is 13.2. The van der Waals surface area contributed by atoms with Gasteiger partial charge in [-0.2, -0.15) is 0 Å². The fourth-order valence-corrected chi connectivity index (χ4v) is 4.23. The van der Waals surface area contributed by atoms with Crippen LogP contribution in [0.25, 0.3) is 0 Å². The molecule has 1 saturated carbocycles. The molecule has 0 unspecified atom stereocenters. The highest BCUT2D eigenvalue weighted by Gasteiger charge is 2.30. The van der Waals surface area contributed by atoms with Crippen LogP contribution in [-0.4, -0.2) is 47.4 Å². The Morgan fingerprint density at radius 2 is 1.77 bits per heavy atom. The number of carbonyl (C=O) groups is 2. The fraction of sp³-hybridized carbons (Fsp3) is 0.667. The quantitative estimate of drug-likeness (QED) is 0.443. The number of nitro groups is 1. The van der Waals surface area contributed by atoms with Crippen LogP contribution in [0.3, 0.4) is 0 Å². The molecule has 1 aliphatic heterocycles. The summed E-state index contributed by atoms with van der Waals surface area (Å²) in [5, 5.41) is 17.4. The number of piperidine rings is 1. The average Bonchev–Trinajstić information content (AvgIpc) is 2.73. The maximum absolute atomic E-state index is 13.2. The molecule has 1 aromatic heterocycles. The number of nitrogens with zero attached hydrogens (tertiary/aromatic N) is 3. The second kappa shape index (κ2) is 9.93. The number of rotatable bonds is 7. The summed E-state index contributed by atoms with van der Waals surface area (Å²) in [6, 6.07) is 1.33. The number of anilines is 2. The molecular weight excluding hydrogens is 400 g/mol. The highest BCUT2D eigenvalue weighted by atomic mass is 16.6. The lowest BCUT2D eigenvalue weighted by atomic mass is 9.87. The third kappa shape index (κ3) is 5.83. The summed E-state index contributed by atoms with van der Waals surface area (Å²) in [5.74, 6) is 0.579. The standard InChI is InChI=1S/C21H32N6O4/c1-13-3-5-15(6-4-13)24-21(29)16-11-17(27(30)31)19(23-12-18(22)28)25-20(16)26-9-7-14(2)8-10-26/h11,13-15H,3-10,12H2,1-2H3,(H2,22,28)(H,23,25)(H,24,29)/t13-,15-. The van der Waals surface area contributed by atoms with Crippen LogP contribution in [0.4, 0.5) is 17.3 Å². The Morgan fingerprint density at radius 3 is 2.35 bits per heavy atom. The van der Waals surface area contributed by atoms with E-state index in [4.69, 9.17) is 5.73 Å². The summed E-state index contributed by atoms with van der Waals surface area (Å²) in [4.78, 5) is 41.9. The SMILES string of the molecule is CC1CCN(c2nc(NCC(N)=O)c([N+](=O)[O-])cc2C(=O)N[C@H]2CC[C@H](C)CC2)CC1. The van der Waals surface area contributed by atoms with Crippen molar-refractivity contribution in [2.45, 2.75) is 58.4 Å². The van der Waals surface area contributed by atoms with Gasteiger partial charge in [0.2, 0.25) is 11.7 Å². The van der Waals surface area contributed by atoms with Crippen molar-refractivity contribution in [3.8, 4) is 0 Å². The van der Waals surface area contributed by atoms with Gasteiger partial charge in [0.25, 0.3) is 5.91 Å². The van der Waals surface area contributed by atoms with Crippen molar-refractivity contribution in [3.63, 3.8) is 0 Å². The molecule has 2 aliphatic rings. The highest BCUT2D eigenvalue weighted by Crippen LogP contribution is 2.32. The van der Waals surface area contributed by atoms with E-state index in [0.717, 1.165) is 38.5 Å². The van der Waals surface area contributed by atoms with Crippen molar-refractivity contribution in [1.29, 1.82) is 0 Å². The second-order valence-corrected chi connectivity index (χ2v) is 8.90. The molecule has 0 bridgehead atoms. The molecule has 0 radical (unpaired) electrons. The molecular formula is C21H32N6O4. The smallest absolute Gasteiger partial charge is 0.312 e. The van der Waals surface area contributed by atoms with Gasteiger partial charge >= 0.3 is 5.69 Å². The van der Waals surface area contributed by atoms with Gasteiger partial charge in [0.15, 0.2) is 0 Å². The number of aromatic nitrogens is 1. The van der Waals surface area contributed by atoms with E-state index in [0.29, 0.717) is 30.7 Å². The first-order chi connectivity index (χ1) is 14.7. The van der Waals surface area contributed by atoms with Gasteiger partial charge in [0.1, 0.15) is 5.82 Å².